The first-order valence-corrected chi connectivity index (χ1v) is 6.15. The summed E-state index contributed by atoms with van der Waals surface area (Å²) in [5, 5.41) is 0. The molecule has 0 amide bonds. The van der Waals surface area contributed by atoms with Crippen LogP contribution in [0.3, 0.4) is 0 Å². The third-order valence-electron chi connectivity index (χ3n) is 5.14. The average Bonchev–Trinajstić information content (AvgIpc) is 2.83. The van der Waals surface area contributed by atoms with Gasteiger partial charge in [0.25, 0.3) is 0 Å². The molecule has 0 aromatic heterocycles. The molecule has 0 heterocycles. The molecule has 2 saturated carbocycles. The molecule has 3 aliphatic rings. The van der Waals surface area contributed by atoms with Gasteiger partial charge in [-0.25, -0.2) is 0 Å². The van der Waals surface area contributed by atoms with E-state index in [9.17, 15) is 4.79 Å². The third-order valence-corrected chi connectivity index (χ3v) is 5.14. The first-order valence-electron chi connectivity index (χ1n) is 6.15. The SMILES string of the molecule is CO[C@H]1CCC23CCC=C[C@@H]2[C@@]13C(=O)C=[N+]=[N-]. The van der Waals surface area contributed by atoms with E-state index in [0.717, 1.165) is 31.9 Å². The molecular weight excluding hydrogens is 216 g/mol. The van der Waals surface area contributed by atoms with Crippen molar-refractivity contribution in [3.63, 3.8) is 0 Å². The zero-order chi connectivity index (χ0) is 12.1. The summed E-state index contributed by atoms with van der Waals surface area (Å²) in [7, 11) is 1.67. The van der Waals surface area contributed by atoms with Crippen LogP contribution in [0.25, 0.3) is 5.53 Å². The molecule has 0 aromatic rings. The zero-order valence-electron chi connectivity index (χ0n) is 9.93. The maximum absolute atomic E-state index is 12.3. The zero-order valence-corrected chi connectivity index (χ0v) is 9.93. The van der Waals surface area contributed by atoms with Crippen LogP contribution in [0.4, 0.5) is 0 Å². The molecule has 0 saturated heterocycles. The molecule has 3 rings (SSSR count). The molecule has 2 fully saturated rings. The fraction of sp³-hybridized carbons (Fsp3) is 0.692. The van der Waals surface area contributed by atoms with Gasteiger partial charge in [0.15, 0.2) is 0 Å². The van der Waals surface area contributed by atoms with Crippen molar-refractivity contribution >= 4 is 12.0 Å². The van der Waals surface area contributed by atoms with E-state index < -0.39 is 5.41 Å². The molecule has 4 atom stereocenters. The number of ketones is 1. The highest BCUT2D eigenvalue weighted by molar-refractivity contribution is 6.30. The first-order chi connectivity index (χ1) is 8.24. The minimum Gasteiger partial charge on any atom is -0.380 e. The lowest BCUT2D eigenvalue weighted by Crippen LogP contribution is -2.33. The molecule has 90 valence electrons. The minimum atomic E-state index is -0.443. The number of hydrogen-bond acceptors (Lipinski definition) is 2. The van der Waals surface area contributed by atoms with Crippen LogP contribution in [0.2, 0.25) is 0 Å². The molecule has 4 nitrogen and oxygen atoms in total. The largest absolute Gasteiger partial charge is 0.380 e. The van der Waals surface area contributed by atoms with E-state index in [1.807, 2.05) is 0 Å². The smallest absolute Gasteiger partial charge is 0.323 e. The minimum absolute atomic E-state index is 0.0271. The van der Waals surface area contributed by atoms with Crippen molar-refractivity contribution < 1.29 is 14.3 Å². The summed E-state index contributed by atoms with van der Waals surface area (Å²) < 4.78 is 5.52. The number of allylic oxidation sites excluding steroid dienone is 2. The van der Waals surface area contributed by atoms with Gasteiger partial charge >= 0.3 is 6.21 Å². The molecule has 0 aromatic carbocycles. The summed E-state index contributed by atoms with van der Waals surface area (Å²) in [5.41, 5.74) is 8.25. The van der Waals surface area contributed by atoms with Gasteiger partial charge in [0, 0.05) is 7.11 Å². The molecular formula is C13H16N2O2. The van der Waals surface area contributed by atoms with E-state index >= 15 is 0 Å². The van der Waals surface area contributed by atoms with Crippen molar-refractivity contribution in [3.8, 4) is 0 Å². The number of hydrogen-bond donors (Lipinski definition) is 0. The predicted octanol–water partition coefficient (Wildman–Crippen LogP) is 1.62. The standard InChI is InChI=1S/C13H16N2O2/c1-17-11-5-7-12-6-3-2-4-9(12)13(11,12)10(16)8-15-14/h2,4,8-9,11H,3,5-7H2,1H3/t9-,11-,12?,13+/m0/s1. The highest BCUT2D eigenvalue weighted by Gasteiger charge is 2.84. The van der Waals surface area contributed by atoms with Crippen LogP contribution in [0.15, 0.2) is 12.2 Å². The maximum atomic E-state index is 12.3. The van der Waals surface area contributed by atoms with Crippen LogP contribution in [0.5, 0.6) is 0 Å². The Morgan fingerprint density at radius 3 is 3.06 bits per heavy atom. The van der Waals surface area contributed by atoms with Gasteiger partial charge in [0.05, 0.1) is 11.5 Å². The van der Waals surface area contributed by atoms with Crippen molar-refractivity contribution in [2.24, 2.45) is 16.7 Å². The number of carbonyl (C=O) groups is 1. The monoisotopic (exact) mass is 232 g/mol. The molecule has 0 radical (unpaired) electrons. The summed E-state index contributed by atoms with van der Waals surface area (Å²) in [4.78, 5) is 15.2. The van der Waals surface area contributed by atoms with Crippen LogP contribution >= 0.6 is 0 Å². The Kier molecular flexibility index (Phi) is 2.16. The molecule has 0 N–H and O–H groups in total. The lowest BCUT2D eigenvalue weighted by atomic mass is 9.87. The number of methoxy groups -OCH3 is 1. The second-order valence-electron chi connectivity index (χ2n) is 5.34. The topological polar surface area (TPSA) is 62.7 Å². The number of rotatable bonds is 3. The van der Waals surface area contributed by atoms with Gasteiger partial charge in [-0.3, -0.25) is 4.79 Å². The van der Waals surface area contributed by atoms with Gasteiger partial charge in [-0.15, -0.1) is 0 Å². The molecule has 1 unspecified atom stereocenters. The number of nitrogens with zero attached hydrogens (tertiary/aromatic N) is 2. The van der Waals surface area contributed by atoms with Crippen LogP contribution in [0.1, 0.15) is 25.7 Å². The summed E-state index contributed by atoms with van der Waals surface area (Å²) in [6, 6.07) is 0. The summed E-state index contributed by atoms with van der Waals surface area (Å²) in [6.45, 7) is 0. The second kappa shape index (κ2) is 3.37. The molecule has 1 spiro atoms. The number of carbonyl (C=O) groups excluding carboxylic acids is 1. The fourth-order valence-corrected chi connectivity index (χ4v) is 4.57. The van der Waals surface area contributed by atoms with Crippen LogP contribution in [-0.4, -0.2) is 30.0 Å². The van der Waals surface area contributed by atoms with Gasteiger partial charge in [-0.1, -0.05) is 12.2 Å². The van der Waals surface area contributed by atoms with E-state index in [1.54, 1.807) is 7.11 Å². The van der Waals surface area contributed by atoms with Gasteiger partial charge < -0.3 is 10.3 Å². The number of Topliss-reactive ketones (excluding diaryl/α,β-unsaturated/α-hetero) is 1. The molecule has 3 aliphatic carbocycles. The quantitative estimate of drug-likeness (QED) is 0.321. The van der Waals surface area contributed by atoms with Crippen LogP contribution in [0, 0.1) is 16.7 Å². The van der Waals surface area contributed by atoms with Crippen molar-refractivity contribution in [1.29, 1.82) is 0 Å². The Hall–Kier alpha value is -1.25. The van der Waals surface area contributed by atoms with Gasteiger partial charge in [-0.05, 0) is 37.0 Å². The van der Waals surface area contributed by atoms with E-state index in [0.29, 0.717) is 0 Å². The second-order valence-corrected chi connectivity index (χ2v) is 5.34. The Morgan fingerprint density at radius 1 is 1.59 bits per heavy atom. The average molecular weight is 232 g/mol. The Bertz CT molecular complexity index is 452. The maximum Gasteiger partial charge on any atom is 0.323 e. The summed E-state index contributed by atoms with van der Waals surface area (Å²) in [5.74, 6) is 0.217. The van der Waals surface area contributed by atoms with Gasteiger partial charge in [0.2, 0.25) is 5.78 Å². The molecule has 17 heavy (non-hydrogen) atoms. The van der Waals surface area contributed by atoms with Gasteiger partial charge in [0.1, 0.15) is 0 Å². The Morgan fingerprint density at radius 2 is 2.41 bits per heavy atom. The molecule has 0 bridgehead atoms. The third kappa shape index (κ3) is 1.01. The number of fused-ring (bicyclic) bond motifs is 1. The van der Waals surface area contributed by atoms with Crippen molar-refractivity contribution in [1.82, 2.24) is 0 Å². The van der Waals surface area contributed by atoms with Crippen molar-refractivity contribution in [3.05, 3.63) is 17.7 Å². The predicted molar refractivity (Wildman–Crippen MR) is 61.5 cm³/mol. The van der Waals surface area contributed by atoms with Crippen LogP contribution in [-0.2, 0) is 9.53 Å². The van der Waals surface area contributed by atoms with E-state index in [2.05, 4.69) is 16.9 Å². The first kappa shape index (κ1) is 10.9. The van der Waals surface area contributed by atoms with Crippen molar-refractivity contribution in [2.75, 3.05) is 7.11 Å². The van der Waals surface area contributed by atoms with E-state index in [4.69, 9.17) is 10.3 Å². The molecule has 4 heteroatoms. The number of ether oxygens (including phenoxy) is 1. The highest BCUT2D eigenvalue weighted by atomic mass is 16.5. The summed E-state index contributed by atoms with van der Waals surface area (Å²) >= 11 is 0. The van der Waals surface area contributed by atoms with Crippen molar-refractivity contribution in [2.45, 2.75) is 31.8 Å². The Labute approximate surface area is 100 Å². The normalized spacial score (nSPS) is 45.7. The summed E-state index contributed by atoms with van der Waals surface area (Å²) in [6.07, 6.45) is 9.43. The van der Waals surface area contributed by atoms with Crippen LogP contribution < -0.4 is 0 Å². The molecule has 0 aliphatic heterocycles. The van der Waals surface area contributed by atoms with Gasteiger partial charge in [-0.2, -0.15) is 4.79 Å². The lowest BCUT2D eigenvalue weighted by molar-refractivity contribution is -0.126. The van der Waals surface area contributed by atoms with E-state index in [-0.39, 0.29) is 23.2 Å². The highest BCUT2D eigenvalue weighted by Crippen LogP contribution is 2.81. The fourth-order valence-electron chi connectivity index (χ4n) is 4.57. The lowest BCUT2D eigenvalue weighted by Gasteiger charge is -2.19. The van der Waals surface area contributed by atoms with E-state index in [1.165, 1.54) is 0 Å². The Balaban J connectivity index is 2.07.